The number of benzene rings is 1. The van der Waals surface area contributed by atoms with Crippen LogP contribution in [0.25, 0.3) is 0 Å². The summed E-state index contributed by atoms with van der Waals surface area (Å²) in [5, 5.41) is 9.32. The molecule has 2 rings (SSSR count). The molecular weight excluding hydrogens is 272 g/mol. The topological polar surface area (TPSA) is 57.2 Å². The summed E-state index contributed by atoms with van der Waals surface area (Å²) in [5.41, 5.74) is 1.05. The van der Waals surface area contributed by atoms with E-state index in [2.05, 4.69) is 0 Å². The summed E-state index contributed by atoms with van der Waals surface area (Å²) in [6.45, 7) is 2.16. The van der Waals surface area contributed by atoms with Crippen LogP contribution >= 0.6 is 0 Å². The third-order valence-corrected chi connectivity index (χ3v) is 3.99. The predicted octanol–water partition coefficient (Wildman–Crippen LogP) is 1.83. The molecule has 2 atom stereocenters. The highest BCUT2D eigenvalue weighted by atomic mass is 16.7. The molecule has 118 valence electrons. The molecule has 0 amide bonds. The highest BCUT2D eigenvalue weighted by Crippen LogP contribution is 2.52. The van der Waals surface area contributed by atoms with Gasteiger partial charge in [-0.3, -0.25) is 0 Å². The van der Waals surface area contributed by atoms with E-state index >= 15 is 0 Å². The van der Waals surface area contributed by atoms with E-state index in [-0.39, 0.29) is 24.7 Å². The first kappa shape index (κ1) is 16.2. The Bertz CT molecular complexity index is 419. The zero-order chi connectivity index (χ0) is 15.1. The standard InChI is InChI=1S/C16H24O5/c1-18-12-21-11-16(7-14(16)8-17)10-20-9-13-3-5-15(19-2)6-4-13/h3-6,14,17H,7-12H2,1-2H3. The summed E-state index contributed by atoms with van der Waals surface area (Å²) in [6.07, 6.45) is 0.940. The first-order valence-corrected chi connectivity index (χ1v) is 7.12. The second-order valence-corrected chi connectivity index (χ2v) is 5.54. The molecule has 0 aromatic heterocycles. The van der Waals surface area contributed by atoms with Crippen LogP contribution in [-0.2, 0) is 20.8 Å². The maximum Gasteiger partial charge on any atom is 0.146 e. The van der Waals surface area contributed by atoms with Gasteiger partial charge in [0.1, 0.15) is 12.5 Å². The van der Waals surface area contributed by atoms with Crippen LogP contribution in [0.3, 0.4) is 0 Å². The largest absolute Gasteiger partial charge is 0.497 e. The van der Waals surface area contributed by atoms with Crippen molar-refractivity contribution >= 4 is 0 Å². The average Bonchev–Trinajstić information content (AvgIpc) is 3.22. The van der Waals surface area contributed by atoms with Gasteiger partial charge in [-0.15, -0.1) is 0 Å². The Morgan fingerprint density at radius 1 is 1.14 bits per heavy atom. The van der Waals surface area contributed by atoms with Crippen molar-refractivity contribution in [1.82, 2.24) is 0 Å². The smallest absolute Gasteiger partial charge is 0.146 e. The molecule has 1 aliphatic carbocycles. The second kappa shape index (κ2) is 7.75. The Morgan fingerprint density at radius 2 is 1.86 bits per heavy atom. The molecule has 0 radical (unpaired) electrons. The monoisotopic (exact) mass is 296 g/mol. The van der Waals surface area contributed by atoms with Crippen LogP contribution < -0.4 is 4.74 Å². The number of aliphatic hydroxyl groups is 1. The van der Waals surface area contributed by atoms with Crippen molar-refractivity contribution < 1.29 is 24.1 Å². The van der Waals surface area contributed by atoms with E-state index in [4.69, 9.17) is 18.9 Å². The molecule has 1 aromatic rings. The molecule has 1 N–H and O–H groups in total. The van der Waals surface area contributed by atoms with Crippen molar-refractivity contribution in [1.29, 1.82) is 0 Å². The number of aliphatic hydroxyl groups excluding tert-OH is 1. The molecule has 0 heterocycles. The lowest BCUT2D eigenvalue weighted by Gasteiger charge is -2.17. The zero-order valence-electron chi connectivity index (χ0n) is 12.7. The molecule has 5 nitrogen and oxygen atoms in total. The van der Waals surface area contributed by atoms with Gasteiger partial charge >= 0.3 is 0 Å². The Kier molecular flexibility index (Phi) is 5.99. The number of ether oxygens (including phenoxy) is 4. The van der Waals surface area contributed by atoms with Crippen LogP contribution in [0, 0.1) is 11.3 Å². The fourth-order valence-electron chi connectivity index (χ4n) is 2.51. The molecule has 0 spiro atoms. The molecule has 2 unspecified atom stereocenters. The highest BCUT2D eigenvalue weighted by molar-refractivity contribution is 5.26. The number of rotatable bonds is 10. The third kappa shape index (κ3) is 4.41. The summed E-state index contributed by atoms with van der Waals surface area (Å²) in [6, 6.07) is 7.82. The third-order valence-electron chi connectivity index (χ3n) is 3.99. The fourth-order valence-corrected chi connectivity index (χ4v) is 2.51. The Morgan fingerprint density at radius 3 is 2.43 bits per heavy atom. The van der Waals surface area contributed by atoms with Crippen molar-refractivity contribution in [2.24, 2.45) is 11.3 Å². The van der Waals surface area contributed by atoms with Gasteiger partial charge in [-0.05, 0) is 30.0 Å². The number of hydrogen-bond donors (Lipinski definition) is 1. The van der Waals surface area contributed by atoms with Gasteiger partial charge < -0.3 is 24.1 Å². The number of methoxy groups -OCH3 is 2. The quantitative estimate of drug-likeness (QED) is 0.527. The maximum atomic E-state index is 9.32. The van der Waals surface area contributed by atoms with Gasteiger partial charge in [0.25, 0.3) is 0 Å². The van der Waals surface area contributed by atoms with Gasteiger partial charge in [0, 0.05) is 19.1 Å². The maximum absolute atomic E-state index is 9.32. The van der Waals surface area contributed by atoms with Crippen LogP contribution in [0.2, 0.25) is 0 Å². The van der Waals surface area contributed by atoms with Gasteiger partial charge in [-0.2, -0.15) is 0 Å². The van der Waals surface area contributed by atoms with Gasteiger partial charge in [0.05, 0.1) is 26.9 Å². The lowest BCUT2D eigenvalue weighted by molar-refractivity contribution is -0.0658. The van der Waals surface area contributed by atoms with E-state index in [9.17, 15) is 5.11 Å². The van der Waals surface area contributed by atoms with E-state index in [0.717, 1.165) is 17.7 Å². The minimum absolute atomic E-state index is 0.0558. The average molecular weight is 296 g/mol. The minimum atomic E-state index is -0.0558. The van der Waals surface area contributed by atoms with Crippen LogP contribution in [0.4, 0.5) is 0 Å². The molecule has 1 aromatic carbocycles. The summed E-state index contributed by atoms with van der Waals surface area (Å²) in [5.74, 6) is 1.11. The van der Waals surface area contributed by atoms with Crippen LogP contribution in [0.5, 0.6) is 5.75 Å². The van der Waals surface area contributed by atoms with Gasteiger partial charge in [-0.25, -0.2) is 0 Å². The lowest BCUT2D eigenvalue weighted by Crippen LogP contribution is -2.22. The van der Waals surface area contributed by atoms with E-state index in [1.165, 1.54) is 0 Å². The van der Waals surface area contributed by atoms with Crippen molar-refractivity contribution in [2.75, 3.05) is 40.8 Å². The van der Waals surface area contributed by atoms with Gasteiger partial charge in [-0.1, -0.05) is 12.1 Å². The molecule has 1 saturated carbocycles. The molecule has 5 heteroatoms. The molecule has 1 aliphatic rings. The molecule has 0 aliphatic heterocycles. The normalized spacial score (nSPS) is 24.0. The minimum Gasteiger partial charge on any atom is -0.497 e. The van der Waals surface area contributed by atoms with E-state index in [1.54, 1.807) is 14.2 Å². The Labute approximate surface area is 125 Å². The van der Waals surface area contributed by atoms with E-state index in [1.807, 2.05) is 24.3 Å². The molecule has 21 heavy (non-hydrogen) atoms. The molecule has 0 saturated heterocycles. The van der Waals surface area contributed by atoms with Crippen LogP contribution in [-0.4, -0.2) is 45.9 Å². The first-order chi connectivity index (χ1) is 10.2. The molecule has 1 fully saturated rings. The molecular formula is C16H24O5. The SMILES string of the molecule is COCOCC1(COCc2ccc(OC)cc2)CC1CO. The highest BCUT2D eigenvalue weighted by Gasteiger charge is 2.54. The Hall–Kier alpha value is -1.14. The summed E-state index contributed by atoms with van der Waals surface area (Å²) >= 11 is 0. The zero-order valence-corrected chi connectivity index (χ0v) is 12.7. The molecule has 0 bridgehead atoms. The summed E-state index contributed by atoms with van der Waals surface area (Å²) < 4.78 is 21.3. The van der Waals surface area contributed by atoms with Crippen molar-refractivity contribution in [3.05, 3.63) is 29.8 Å². The van der Waals surface area contributed by atoms with E-state index in [0.29, 0.717) is 19.8 Å². The number of hydrogen-bond acceptors (Lipinski definition) is 5. The van der Waals surface area contributed by atoms with Gasteiger partial charge in [0.15, 0.2) is 0 Å². The summed E-state index contributed by atoms with van der Waals surface area (Å²) in [7, 11) is 3.25. The van der Waals surface area contributed by atoms with Crippen molar-refractivity contribution in [3.8, 4) is 5.75 Å². The predicted molar refractivity (Wildman–Crippen MR) is 78.1 cm³/mol. The van der Waals surface area contributed by atoms with Gasteiger partial charge in [0.2, 0.25) is 0 Å². The van der Waals surface area contributed by atoms with Crippen molar-refractivity contribution in [3.63, 3.8) is 0 Å². The summed E-state index contributed by atoms with van der Waals surface area (Å²) in [4.78, 5) is 0. The van der Waals surface area contributed by atoms with Crippen molar-refractivity contribution in [2.45, 2.75) is 13.0 Å². The van der Waals surface area contributed by atoms with Crippen LogP contribution in [0.15, 0.2) is 24.3 Å². The first-order valence-electron chi connectivity index (χ1n) is 7.12. The second-order valence-electron chi connectivity index (χ2n) is 5.54. The Balaban J connectivity index is 1.77. The fraction of sp³-hybridized carbons (Fsp3) is 0.625. The van der Waals surface area contributed by atoms with E-state index < -0.39 is 0 Å². The van der Waals surface area contributed by atoms with Crippen LogP contribution in [0.1, 0.15) is 12.0 Å². The lowest BCUT2D eigenvalue weighted by atomic mass is 10.1.